The number of benzene rings is 2. The summed E-state index contributed by atoms with van der Waals surface area (Å²) in [5, 5.41) is 10.4. The van der Waals surface area contributed by atoms with Crippen LogP contribution in [0.25, 0.3) is 5.69 Å². The van der Waals surface area contributed by atoms with E-state index in [1.54, 1.807) is 38.3 Å². The molecule has 9 nitrogen and oxygen atoms in total. The van der Waals surface area contributed by atoms with Crippen molar-refractivity contribution in [1.29, 1.82) is 0 Å². The molecule has 3 amide bonds. The van der Waals surface area contributed by atoms with E-state index in [4.69, 9.17) is 15.2 Å². The van der Waals surface area contributed by atoms with Gasteiger partial charge >= 0.3 is 6.03 Å². The molecular formula is C20H21N5O4S. The molecule has 3 rings (SSSR count). The molecule has 3 N–H and O–H groups in total. The maximum atomic E-state index is 12.1. The Bertz CT molecular complexity index is 1010. The van der Waals surface area contributed by atoms with E-state index in [1.165, 1.54) is 0 Å². The number of carbonyl (C=O) groups is 2. The van der Waals surface area contributed by atoms with Crippen LogP contribution in [0.5, 0.6) is 11.5 Å². The standard InChI is InChI=1S/C20H21N5O4S/c1-13(18(26)22-19(21)27)30-20-24-23-17(25(20)14-6-4-3-5-7-14)12-29-16-10-8-15(28-2)9-11-16/h3-11,13H,12H2,1-2H3,(H3,21,22,26,27)/t13-/m1/s1. The van der Waals surface area contributed by atoms with Crippen LogP contribution in [-0.2, 0) is 11.4 Å². The van der Waals surface area contributed by atoms with Gasteiger partial charge in [0.15, 0.2) is 11.0 Å². The third-order valence-electron chi connectivity index (χ3n) is 4.04. The second-order valence-corrected chi connectivity index (χ2v) is 7.46. The van der Waals surface area contributed by atoms with Crippen LogP contribution in [0, 0.1) is 0 Å². The van der Waals surface area contributed by atoms with E-state index < -0.39 is 17.2 Å². The molecule has 3 aromatic rings. The Hall–Kier alpha value is -3.53. The number of carbonyl (C=O) groups excluding carboxylic acids is 2. The Morgan fingerprint density at radius 1 is 1.10 bits per heavy atom. The molecule has 0 aliphatic rings. The molecule has 0 saturated heterocycles. The molecule has 2 aromatic carbocycles. The van der Waals surface area contributed by atoms with E-state index in [2.05, 4.69) is 15.5 Å². The second-order valence-electron chi connectivity index (χ2n) is 6.15. The summed E-state index contributed by atoms with van der Waals surface area (Å²) in [6, 6.07) is 15.8. The molecule has 156 valence electrons. The largest absolute Gasteiger partial charge is 0.497 e. The summed E-state index contributed by atoms with van der Waals surface area (Å²) in [7, 11) is 1.60. The molecule has 1 heterocycles. The lowest BCUT2D eigenvalue weighted by atomic mass is 10.3. The van der Waals surface area contributed by atoms with Gasteiger partial charge in [0.05, 0.1) is 12.4 Å². The Labute approximate surface area is 177 Å². The highest BCUT2D eigenvalue weighted by atomic mass is 32.2. The van der Waals surface area contributed by atoms with Crippen molar-refractivity contribution in [3.63, 3.8) is 0 Å². The number of nitrogens with zero attached hydrogens (tertiary/aromatic N) is 3. The zero-order chi connectivity index (χ0) is 21.5. The smallest absolute Gasteiger partial charge is 0.318 e. The first-order valence-electron chi connectivity index (χ1n) is 9.01. The van der Waals surface area contributed by atoms with Crippen molar-refractivity contribution in [2.45, 2.75) is 23.9 Å². The van der Waals surface area contributed by atoms with Gasteiger partial charge in [-0.05, 0) is 43.3 Å². The molecule has 0 spiro atoms. The summed E-state index contributed by atoms with van der Waals surface area (Å²) in [4.78, 5) is 23.0. The second kappa shape index (κ2) is 9.79. The van der Waals surface area contributed by atoms with Crippen molar-refractivity contribution in [3.8, 4) is 17.2 Å². The number of urea groups is 1. The number of nitrogens with one attached hydrogen (secondary N) is 1. The number of primary amides is 1. The molecule has 0 radical (unpaired) electrons. The first-order valence-corrected chi connectivity index (χ1v) is 9.89. The van der Waals surface area contributed by atoms with E-state index in [9.17, 15) is 9.59 Å². The zero-order valence-electron chi connectivity index (χ0n) is 16.4. The molecule has 0 aliphatic heterocycles. The summed E-state index contributed by atoms with van der Waals surface area (Å²) >= 11 is 1.16. The van der Waals surface area contributed by atoms with Gasteiger partial charge in [-0.1, -0.05) is 30.0 Å². The SMILES string of the molecule is COc1ccc(OCc2nnc(S[C@H](C)C(=O)NC(N)=O)n2-c2ccccc2)cc1. The number of imide groups is 1. The van der Waals surface area contributed by atoms with Crippen molar-refractivity contribution in [2.24, 2.45) is 5.73 Å². The van der Waals surface area contributed by atoms with Crippen LogP contribution < -0.4 is 20.5 Å². The van der Waals surface area contributed by atoms with Crippen LogP contribution in [0.3, 0.4) is 0 Å². The highest BCUT2D eigenvalue weighted by Crippen LogP contribution is 2.26. The number of thioether (sulfide) groups is 1. The quantitative estimate of drug-likeness (QED) is 0.530. The maximum absolute atomic E-state index is 12.1. The first kappa shape index (κ1) is 21.2. The van der Waals surface area contributed by atoms with E-state index in [0.717, 1.165) is 23.2 Å². The van der Waals surface area contributed by atoms with Crippen molar-refractivity contribution in [3.05, 3.63) is 60.4 Å². The minimum Gasteiger partial charge on any atom is -0.497 e. The van der Waals surface area contributed by atoms with E-state index in [1.807, 2.05) is 34.9 Å². The number of aromatic nitrogens is 3. The highest BCUT2D eigenvalue weighted by Gasteiger charge is 2.22. The number of nitrogens with two attached hydrogens (primary N) is 1. The van der Waals surface area contributed by atoms with Gasteiger partial charge in [0.2, 0.25) is 5.91 Å². The Kier molecular flexibility index (Phi) is 6.91. The molecule has 0 fully saturated rings. The number of ether oxygens (including phenoxy) is 2. The number of para-hydroxylation sites is 1. The summed E-state index contributed by atoms with van der Waals surface area (Å²) in [6.45, 7) is 1.82. The van der Waals surface area contributed by atoms with Crippen molar-refractivity contribution < 1.29 is 19.1 Å². The van der Waals surface area contributed by atoms with Gasteiger partial charge in [-0.3, -0.25) is 14.7 Å². The summed E-state index contributed by atoms with van der Waals surface area (Å²) in [5.74, 6) is 1.44. The fourth-order valence-electron chi connectivity index (χ4n) is 2.56. The zero-order valence-corrected chi connectivity index (χ0v) is 17.3. The van der Waals surface area contributed by atoms with Crippen LogP contribution in [0.4, 0.5) is 4.79 Å². The lowest BCUT2D eigenvalue weighted by Gasteiger charge is -2.13. The van der Waals surface area contributed by atoms with Crippen LogP contribution >= 0.6 is 11.8 Å². The molecule has 30 heavy (non-hydrogen) atoms. The number of amides is 3. The lowest BCUT2D eigenvalue weighted by molar-refractivity contribution is -0.119. The molecule has 1 aromatic heterocycles. The third-order valence-corrected chi connectivity index (χ3v) is 5.08. The van der Waals surface area contributed by atoms with E-state index >= 15 is 0 Å². The Morgan fingerprint density at radius 3 is 2.40 bits per heavy atom. The van der Waals surface area contributed by atoms with Gasteiger partial charge < -0.3 is 15.2 Å². The fraction of sp³-hybridized carbons (Fsp3) is 0.200. The predicted molar refractivity (Wildman–Crippen MR) is 112 cm³/mol. The van der Waals surface area contributed by atoms with Crippen molar-refractivity contribution >= 4 is 23.7 Å². The topological polar surface area (TPSA) is 121 Å². The molecule has 0 bridgehead atoms. The first-order chi connectivity index (χ1) is 14.5. The number of hydrogen-bond acceptors (Lipinski definition) is 7. The van der Waals surface area contributed by atoms with Gasteiger partial charge in [-0.2, -0.15) is 0 Å². The van der Waals surface area contributed by atoms with Gasteiger partial charge in [0, 0.05) is 5.69 Å². The minimum absolute atomic E-state index is 0.163. The summed E-state index contributed by atoms with van der Waals surface area (Å²) in [5.41, 5.74) is 5.85. The third kappa shape index (κ3) is 5.29. The van der Waals surface area contributed by atoms with Crippen LogP contribution in [0.15, 0.2) is 59.8 Å². The predicted octanol–water partition coefficient (Wildman–Crippen LogP) is 2.53. The molecule has 0 unspecified atom stereocenters. The average molecular weight is 427 g/mol. The Morgan fingerprint density at radius 2 is 1.77 bits per heavy atom. The summed E-state index contributed by atoms with van der Waals surface area (Å²) < 4.78 is 12.8. The van der Waals surface area contributed by atoms with Crippen LogP contribution in [-0.4, -0.2) is 39.1 Å². The van der Waals surface area contributed by atoms with E-state index in [0.29, 0.717) is 16.7 Å². The average Bonchev–Trinajstić information content (AvgIpc) is 3.15. The number of rotatable bonds is 8. The Balaban J connectivity index is 1.82. The monoisotopic (exact) mass is 427 g/mol. The van der Waals surface area contributed by atoms with Gasteiger partial charge in [-0.15, -0.1) is 10.2 Å². The fourth-order valence-corrected chi connectivity index (χ4v) is 3.45. The van der Waals surface area contributed by atoms with Crippen molar-refractivity contribution in [2.75, 3.05) is 7.11 Å². The molecule has 0 aliphatic carbocycles. The van der Waals surface area contributed by atoms with Gasteiger partial charge in [0.25, 0.3) is 0 Å². The summed E-state index contributed by atoms with van der Waals surface area (Å²) in [6.07, 6.45) is 0. The molecule has 0 saturated carbocycles. The van der Waals surface area contributed by atoms with Gasteiger partial charge in [-0.25, -0.2) is 4.79 Å². The molecular weight excluding hydrogens is 406 g/mol. The molecule has 1 atom stereocenters. The van der Waals surface area contributed by atoms with Crippen LogP contribution in [0.1, 0.15) is 12.7 Å². The number of methoxy groups -OCH3 is 1. The maximum Gasteiger partial charge on any atom is 0.318 e. The number of hydrogen-bond donors (Lipinski definition) is 2. The van der Waals surface area contributed by atoms with E-state index in [-0.39, 0.29) is 6.61 Å². The minimum atomic E-state index is -0.898. The van der Waals surface area contributed by atoms with Gasteiger partial charge in [0.1, 0.15) is 18.1 Å². The highest BCUT2D eigenvalue weighted by molar-refractivity contribution is 8.00. The van der Waals surface area contributed by atoms with Crippen molar-refractivity contribution in [1.82, 2.24) is 20.1 Å². The lowest BCUT2D eigenvalue weighted by Crippen LogP contribution is -2.39. The van der Waals surface area contributed by atoms with Crippen LogP contribution in [0.2, 0.25) is 0 Å². The normalized spacial score (nSPS) is 11.5. The molecule has 10 heteroatoms.